The molecule has 20 heavy (non-hydrogen) atoms. The lowest BCUT2D eigenvalue weighted by atomic mass is 10.1. The fourth-order valence-electron chi connectivity index (χ4n) is 1.72. The van der Waals surface area contributed by atoms with Crippen molar-refractivity contribution in [2.75, 3.05) is 12.4 Å². The molecule has 2 rings (SSSR count). The molecule has 0 saturated heterocycles. The number of ether oxygens (including phenoxy) is 1. The van der Waals surface area contributed by atoms with Crippen LogP contribution in [0.1, 0.15) is 10.4 Å². The second-order valence-corrected chi connectivity index (χ2v) is 4.41. The number of halogens is 1. The van der Waals surface area contributed by atoms with E-state index in [1.165, 1.54) is 31.4 Å². The van der Waals surface area contributed by atoms with E-state index in [1.54, 1.807) is 12.1 Å². The minimum absolute atomic E-state index is 0.213. The monoisotopic (exact) mass is 293 g/mol. The van der Waals surface area contributed by atoms with Crippen molar-refractivity contribution in [1.82, 2.24) is 0 Å². The molecule has 6 heteroatoms. The number of aromatic hydroxyl groups is 2. The van der Waals surface area contributed by atoms with Crippen LogP contribution in [-0.2, 0) is 0 Å². The van der Waals surface area contributed by atoms with Crippen LogP contribution in [-0.4, -0.2) is 23.2 Å². The normalized spacial score (nSPS) is 10.1. The van der Waals surface area contributed by atoms with Crippen molar-refractivity contribution in [1.29, 1.82) is 0 Å². The zero-order chi connectivity index (χ0) is 14.7. The van der Waals surface area contributed by atoms with Gasteiger partial charge in [0.2, 0.25) is 0 Å². The standard InChI is InChI=1S/C14H12ClNO4/c1-20-12-6-5-8(15)7-9(12)16-14(19)13-10(17)3-2-4-11(13)18/h2-7,17-18H,1H3,(H,16,19). The number of rotatable bonds is 3. The van der Waals surface area contributed by atoms with Crippen LogP contribution in [0.4, 0.5) is 5.69 Å². The molecule has 0 aromatic heterocycles. The molecule has 104 valence electrons. The van der Waals surface area contributed by atoms with Crippen molar-refractivity contribution < 1.29 is 19.7 Å². The fraction of sp³-hybridized carbons (Fsp3) is 0.0714. The van der Waals surface area contributed by atoms with Gasteiger partial charge in [-0.1, -0.05) is 17.7 Å². The Morgan fingerprint density at radius 1 is 1.20 bits per heavy atom. The van der Waals surface area contributed by atoms with Gasteiger partial charge in [-0.2, -0.15) is 0 Å². The quantitative estimate of drug-likeness (QED) is 0.813. The van der Waals surface area contributed by atoms with Gasteiger partial charge >= 0.3 is 0 Å². The summed E-state index contributed by atoms with van der Waals surface area (Å²) in [4.78, 5) is 12.1. The topological polar surface area (TPSA) is 78.8 Å². The molecule has 5 nitrogen and oxygen atoms in total. The lowest BCUT2D eigenvalue weighted by Gasteiger charge is -2.12. The van der Waals surface area contributed by atoms with Crippen LogP contribution in [0.3, 0.4) is 0 Å². The molecule has 0 atom stereocenters. The van der Waals surface area contributed by atoms with E-state index in [1.807, 2.05) is 0 Å². The molecule has 3 N–H and O–H groups in total. The van der Waals surface area contributed by atoms with E-state index in [-0.39, 0.29) is 17.1 Å². The molecule has 1 amide bonds. The van der Waals surface area contributed by atoms with Crippen LogP contribution >= 0.6 is 11.6 Å². The zero-order valence-electron chi connectivity index (χ0n) is 10.6. The van der Waals surface area contributed by atoms with E-state index in [0.29, 0.717) is 16.5 Å². The van der Waals surface area contributed by atoms with Crippen molar-refractivity contribution in [2.45, 2.75) is 0 Å². The summed E-state index contributed by atoms with van der Waals surface area (Å²) >= 11 is 5.86. The van der Waals surface area contributed by atoms with Crippen LogP contribution in [0.5, 0.6) is 17.2 Å². The molecule has 0 radical (unpaired) electrons. The molecule has 0 spiro atoms. The Hall–Kier alpha value is -2.40. The third-order valence-electron chi connectivity index (χ3n) is 2.66. The van der Waals surface area contributed by atoms with Gasteiger partial charge in [-0.15, -0.1) is 0 Å². The van der Waals surface area contributed by atoms with Gasteiger partial charge in [0, 0.05) is 5.02 Å². The highest BCUT2D eigenvalue weighted by atomic mass is 35.5. The molecule has 0 unspecified atom stereocenters. The summed E-state index contributed by atoms with van der Waals surface area (Å²) in [6, 6.07) is 8.78. The van der Waals surface area contributed by atoms with Crippen LogP contribution in [0.15, 0.2) is 36.4 Å². The molecule has 0 aliphatic heterocycles. The number of amides is 1. The highest BCUT2D eigenvalue weighted by molar-refractivity contribution is 6.31. The summed E-state index contributed by atoms with van der Waals surface area (Å²) in [5.74, 6) is -0.884. The summed E-state index contributed by atoms with van der Waals surface area (Å²) < 4.78 is 5.10. The van der Waals surface area contributed by atoms with Crippen molar-refractivity contribution in [3.8, 4) is 17.2 Å². The summed E-state index contributed by atoms with van der Waals surface area (Å²) in [7, 11) is 1.45. The number of nitrogens with one attached hydrogen (secondary N) is 1. The van der Waals surface area contributed by atoms with E-state index in [9.17, 15) is 15.0 Å². The summed E-state index contributed by atoms with van der Waals surface area (Å²) in [5.41, 5.74) is 0.127. The Morgan fingerprint density at radius 2 is 1.85 bits per heavy atom. The Bertz CT molecular complexity index is 637. The van der Waals surface area contributed by atoms with Crippen molar-refractivity contribution >= 4 is 23.2 Å². The van der Waals surface area contributed by atoms with Gasteiger partial charge in [0.05, 0.1) is 12.8 Å². The first kappa shape index (κ1) is 14.0. The first-order valence-electron chi connectivity index (χ1n) is 5.68. The molecule has 0 bridgehead atoms. The van der Waals surface area contributed by atoms with Gasteiger partial charge in [-0.25, -0.2) is 0 Å². The van der Waals surface area contributed by atoms with Gasteiger partial charge in [0.25, 0.3) is 5.91 Å². The fourth-order valence-corrected chi connectivity index (χ4v) is 1.90. The van der Waals surface area contributed by atoms with E-state index in [2.05, 4.69) is 5.32 Å². The van der Waals surface area contributed by atoms with Crippen molar-refractivity contribution in [3.05, 3.63) is 47.0 Å². The molecule has 0 fully saturated rings. The van der Waals surface area contributed by atoms with Gasteiger partial charge < -0.3 is 20.3 Å². The smallest absolute Gasteiger partial charge is 0.263 e. The number of hydrogen-bond acceptors (Lipinski definition) is 4. The SMILES string of the molecule is COc1ccc(Cl)cc1NC(=O)c1c(O)cccc1O. The van der Waals surface area contributed by atoms with E-state index in [4.69, 9.17) is 16.3 Å². The molecular formula is C14H12ClNO4. The predicted octanol–water partition coefficient (Wildman–Crippen LogP) is 3.01. The molecular weight excluding hydrogens is 282 g/mol. The van der Waals surface area contributed by atoms with Gasteiger partial charge in [0.1, 0.15) is 22.8 Å². The first-order valence-corrected chi connectivity index (χ1v) is 6.06. The molecule has 2 aromatic rings. The number of methoxy groups -OCH3 is 1. The van der Waals surface area contributed by atoms with E-state index in [0.717, 1.165) is 0 Å². The number of carbonyl (C=O) groups is 1. The molecule has 0 aliphatic rings. The Kier molecular flexibility index (Phi) is 4.00. The number of carbonyl (C=O) groups excluding carboxylic acids is 1. The minimum Gasteiger partial charge on any atom is -0.507 e. The Morgan fingerprint density at radius 3 is 2.45 bits per heavy atom. The summed E-state index contributed by atoms with van der Waals surface area (Å²) in [5, 5.41) is 22.2. The largest absolute Gasteiger partial charge is 0.507 e. The number of phenolic OH excluding ortho intramolecular Hbond substituents is 2. The molecule has 2 aromatic carbocycles. The molecule has 0 aliphatic carbocycles. The van der Waals surface area contributed by atoms with E-state index >= 15 is 0 Å². The van der Waals surface area contributed by atoms with Crippen LogP contribution in [0, 0.1) is 0 Å². The predicted molar refractivity (Wildman–Crippen MR) is 75.7 cm³/mol. The minimum atomic E-state index is -0.666. The second-order valence-electron chi connectivity index (χ2n) is 3.97. The number of phenols is 2. The highest BCUT2D eigenvalue weighted by Crippen LogP contribution is 2.31. The molecule has 0 heterocycles. The summed E-state index contributed by atoms with van der Waals surface area (Å²) in [6.07, 6.45) is 0. The second kappa shape index (κ2) is 5.71. The average molecular weight is 294 g/mol. The third kappa shape index (κ3) is 2.78. The third-order valence-corrected chi connectivity index (χ3v) is 2.89. The number of anilines is 1. The molecule has 0 saturated carbocycles. The van der Waals surface area contributed by atoms with Crippen LogP contribution in [0.25, 0.3) is 0 Å². The van der Waals surface area contributed by atoms with Gasteiger partial charge in [-0.05, 0) is 30.3 Å². The van der Waals surface area contributed by atoms with Crippen molar-refractivity contribution in [2.24, 2.45) is 0 Å². The maximum Gasteiger partial charge on any atom is 0.263 e. The summed E-state index contributed by atoms with van der Waals surface area (Å²) in [6.45, 7) is 0. The average Bonchev–Trinajstić information content (AvgIpc) is 2.38. The van der Waals surface area contributed by atoms with Crippen LogP contribution < -0.4 is 10.1 Å². The van der Waals surface area contributed by atoms with Crippen LogP contribution in [0.2, 0.25) is 5.02 Å². The number of hydrogen-bond donors (Lipinski definition) is 3. The maximum absolute atomic E-state index is 12.1. The van der Waals surface area contributed by atoms with Gasteiger partial charge in [0.15, 0.2) is 0 Å². The lowest BCUT2D eigenvalue weighted by molar-refractivity contribution is 0.102. The zero-order valence-corrected chi connectivity index (χ0v) is 11.3. The first-order chi connectivity index (χ1) is 9.52. The Labute approximate surface area is 120 Å². The van der Waals surface area contributed by atoms with Gasteiger partial charge in [-0.3, -0.25) is 4.79 Å². The highest BCUT2D eigenvalue weighted by Gasteiger charge is 2.17. The Balaban J connectivity index is 2.35. The maximum atomic E-state index is 12.1. The van der Waals surface area contributed by atoms with E-state index < -0.39 is 5.91 Å². The van der Waals surface area contributed by atoms with Crippen molar-refractivity contribution in [3.63, 3.8) is 0 Å². The lowest BCUT2D eigenvalue weighted by Crippen LogP contribution is -2.13. The number of benzene rings is 2.